The van der Waals surface area contributed by atoms with Gasteiger partial charge in [-0.1, -0.05) is 30.3 Å². The molecule has 0 amide bonds. The highest BCUT2D eigenvalue weighted by atomic mass is 16.5. The Bertz CT molecular complexity index is 538. The Morgan fingerprint density at radius 3 is 2.65 bits per heavy atom. The van der Waals surface area contributed by atoms with Crippen molar-refractivity contribution >= 4 is 0 Å². The molecule has 106 valence electrons. The summed E-state index contributed by atoms with van der Waals surface area (Å²) < 4.78 is 11.3. The van der Waals surface area contributed by atoms with Crippen LogP contribution >= 0.6 is 0 Å². The van der Waals surface area contributed by atoms with Gasteiger partial charge in [0.1, 0.15) is 18.1 Å². The third-order valence-corrected chi connectivity index (χ3v) is 3.63. The first-order valence-electron chi connectivity index (χ1n) is 6.95. The lowest BCUT2D eigenvalue weighted by atomic mass is 10.0. The average molecular weight is 273 g/mol. The van der Waals surface area contributed by atoms with Crippen molar-refractivity contribution in [3.63, 3.8) is 0 Å². The predicted octanol–water partition coefficient (Wildman–Crippen LogP) is 2.39. The molecular weight excluding hydrogens is 254 g/mol. The summed E-state index contributed by atoms with van der Waals surface area (Å²) in [5, 5.41) is 12.5. The summed E-state index contributed by atoms with van der Waals surface area (Å²) >= 11 is 0. The molecule has 1 aromatic carbocycles. The molecule has 20 heavy (non-hydrogen) atoms. The van der Waals surface area contributed by atoms with Crippen molar-refractivity contribution in [2.24, 2.45) is 0 Å². The first kappa shape index (κ1) is 13.4. The van der Waals surface area contributed by atoms with Crippen molar-refractivity contribution in [1.82, 2.24) is 5.32 Å². The van der Waals surface area contributed by atoms with Crippen LogP contribution in [-0.4, -0.2) is 17.8 Å². The summed E-state index contributed by atoms with van der Waals surface area (Å²) in [5.74, 6) is 1.44. The molecular formula is C16H19NO3. The zero-order chi connectivity index (χ0) is 13.8. The molecule has 0 saturated carbocycles. The normalized spacial score (nSPS) is 22.2. The Morgan fingerprint density at radius 2 is 1.90 bits per heavy atom. The second kappa shape index (κ2) is 6.22. The maximum atomic E-state index is 8.99. The largest absolute Gasteiger partial charge is 0.462 e. The van der Waals surface area contributed by atoms with Gasteiger partial charge in [0.05, 0.1) is 12.6 Å². The van der Waals surface area contributed by atoms with Crippen LogP contribution in [0.15, 0.2) is 46.9 Å². The Morgan fingerprint density at radius 1 is 1.10 bits per heavy atom. The third kappa shape index (κ3) is 2.93. The van der Waals surface area contributed by atoms with Crippen LogP contribution in [0.5, 0.6) is 0 Å². The predicted molar refractivity (Wildman–Crippen MR) is 75.0 cm³/mol. The molecule has 0 bridgehead atoms. The minimum Gasteiger partial charge on any atom is -0.462 e. The van der Waals surface area contributed by atoms with E-state index in [0.717, 1.165) is 18.8 Å². The molecule has 1 saturated heterocycles. The molecule has 4 nitrogen and oxygen atoms in total. The summed E-state index contributed by atoms with van der Waals surface area (Å²) in [4.78, 5) is 0. The second-order valence-electron chi connectivity index (χ2n) is 5.00. The molecule has 3 rings (SSSR count). The van der Waals surface area contributed by atoms with Gasteiger partial charge >= 0.3 is 0 Å². The Hall–Kier alpha value is -1.62. The Balaban J connectivity index is 1.61. The molecule has 2 aromatic rings. The third-order valence-electron chi connectivity index (χ3n) is 3.63. The van der Waals surface area contributed by atoms with Crippen LogP contribution in [0.4, 0.5) is 0 Å². The van der Waals surface area contributed by atoms with Crippen LogP contribution in [0.3, 0.4) is 0 Å². The van der Waals surface area contributed by atoms with Crippen LogP contribution in [0.25, 0.3) is 0 Å². The fraction of sp³-hybridized carbons (Fsp3) is 0.375. The number of aliphatic hydroxyl groups excluding tert-OH is 1. The van der Waals surface area contributed by atoms with Crippen molar-refractivity contribution in [3.05, 3.63) is 59.5 Å². The quantitative estimate of drug-likeness (QED) is 0.878. The van der Waals surface area contributed by atoms with Gasteiger partial charge < -0.3 is 19.6 Å². The fourth-order valence-corrected chi connectivity index (χ4v) is 2.60. The number of ether oxygens (including phenoxy) is 1. The maximum absolute atomic E-state index is 8.99. The topological polar surface area (TPSA) is 54.6 Å². The van der Waals surface area contributed by atoms with Gasteiger partial charge in [0.25, 0.3) is 0 Å². The minimum atomic E-state index is -0.0564. The van der Waals surface area contributed by atoms with Crippen molar-refractivity contribution in [1.29, 1.82) is 0 Å². The van der Waals surface area contributed by atoms with E-state index in [4.69, 9.17) is 14.3 Å². The summed E-state index contributed by atoms with van der Waals surface area (Å²) in [5.41, 5.74) is 1.21. The van der Waals surface area contributed by atoms with E-state index in [9.17, 15) is 0 Å². The van der Waals surface area contributed by atoms with Gasteiger partial charge in [0, 0.05) is 12.6 Å². The molecule has 0 radical (unpaired) electrons. The van der Waals surface area contributed by atoms with Gasteiger partial charge in [-0.3, -0.25) is 0 Å². The molecule has 0 spiro atoms. The zero-order valence-corrected chi connectivity index (χ0v) is 11.3. The summed E-state index contributed by atoms with van der Waals surface area (Å²) in [6.45, 7) is 1.37. The number of furan rings is 1. The highest BCUT2D eigenvalue weighted by Crippen LogP contribution is 2.29. The molecule has 1 aliphatic rings. The monoisotopic (exact) mass is 273 g/mol. The van der Waals surface area contributed by atoms with Gasteiger partial charge in [0.15, 0.2) is 0 Å². The van der Waals surface area contributed by atoms with E-state index < -0.39 is 0 Å². The average Bonchev–Trinajstić information content (AvgIpc) is 3.15. The van der Waals surface area contributed by atoms with E-state index in [2.05, 4.69) is 17.4 Å². The van der Waals surface area contributed by atoms with Gasteiger partial charge in [0.2, 0.25) is 0 Å². The molecule has 4 heteroatoms. The fourth-order valence-electron chi connectivity index (χ4n) is 2.60. The summed E-state index contributed by atoms with van der Waals surface area (Å²) in [7, 11) is 0. The Labute approximate surface area is 118 Å². The lowest BCUT2D eigenvalue weighted by Crippen LogP contribution is -2.31. The van der Waals surface area contributed by atoms with Crippen LogP contribution in [-0.2, 0) is 17.9 Å². The molecule has 2 atom stereocenters. The first-order valence-corrected chi connectivity index (χ1v) is 6.95. The van der Waals surface area contributed by atoms with Gasteiger partial charge in [-0.05, 0) is 24.1 Å². The van der Waals surface area contributed by atoms with Crippen LogP contribution < -0.4 is 5.32 Å². The van der Waals surface area contributed by atoms with Crippen LogP contribution in [0.1, 0.15) is 29.6 Å². The molecule has 1 aliphatic heterocycles. The maximum Gasteiger partial charge on any atom is 0.129 e. The standard InChI is InChI=1S/C16H19NO3/c18-11-14-7-6-13(20-14)10-17-15-8-9-19-16(15)12-4-2-1-3-5-12/h1-7,15-18H,8-11H2. The van der Waals surface area contributed by atoms with E-state index in [-0.39, 0.29) is 12.7 Å². The smallest absolute Gasteiger partial charge is 0.129 e. The van der Waals surface area contributed by atoms with Gasteiger partial charge in [-0.15, -0.1) is 0 Å². The van der Waals surface area contributed by atoms with E-state index in [0.29, 0.717) is 18.3 Å². The first-order chi connectivity index (χ1) is 9.86. The number of rotatable bonds is 5. The Kier molecular flexibility index (Phi) is 4.16. The zero-order valence-electron chi connectivity index (χ0n) is 11.3. The lowest BCUT2D eigenvalue weighted by Gasteiger charge is -2.19. The number of aliphatic hydroxyl groups is 1. The van der Waals surface area contributed by atoms with Crippen molar-refractivity contribution < 1.29 is 14.3 Å². The van der Waals surface area contributed by atoms with E-state index >= 15 is 0 Å². The summed E-state index contributed by atoms with van der Waals surface area (Å²) in [6.07, 6.45) is 1.09. The highest BCUT2D eigenvalue weighted by Gasteiger charge is 2.29. The van der Waals surface area contributed by atoms with E-state index in [1.54, 1.807) is 6.07 Å². The van der Waals surface area contributed by atoms with Crippen molar-refractivity contribution in [2.45, 2.75) is 31.7 Å². The number of hydrogen-bond acceptors (Lipinski definition) is 4. The number of hydrogen-bond donors (Lipinski definition) is 2. The number of benzene rings is 1. The van der Waals surface area contributed by atoms with E-state index in [1.165, 1.54) is 5.56 Å². The summed E-state index contributed by atoms with van der Waals surface area (Å²) in [6, 6.07) is 14.3. The van der Waals surface area contributed by atoms with Crippen molar-refractivity contribution in [3.8, 4) is 0 Å². The highest BCUT2D eigenvalue weighted by molar-refractivity contribution is 5.20. The lowest BCUT2D eigenvalue weighted by molar-refractivity contribution is 0.0980. The number of nitrogens with one attached hydrogen (secondary N) is 1. The molecule has 2 heterocycles. The minimum absolute atomic E-state index is 0.0564. The molecule has 1 fully saturated rings. The molecule has 2 unspecified atom stereocenters. The molecule has 2 N–H and O–H groups in total. The second-order valence-corrected chi connectivity index (χ2v) is 5.00. The van der Waals surface area contributed by atoms with Crippen molar-refractivity contribution in [2.75, 3.05) is 6.61 Å². The van der Waals surface area contributed by atoms with E-state index in [1.807, 2.05) is 24.3 Å². The van der Waals surface area contributed by atoms with Crippen LogP contribution in [0.2, 0.25) is 0 Å². The van der Waals surface area contributed by atoms with Crippen LogP contribution in [0, 0.1) is 0 Å². The SMILES string of the molecule is OCc1ccc(CNC2CCOC2c2ccccc2)o1. The van der Waals surface area contributed by atoms with Gasteiger partial charge in [-0.2, -0.15) is 0 Å². The molecule has 0 aliphatic carbocycles. The molecule has 1 aromatic heterocycles. The van der Waals surface area contributed by atoms with Gasteiger partial charge in [-0.25, -0.2) is 0 Å².